The Balaban J connectivity index is 1.41. The van der Waals surface area contributed by atoms with Crippen molar-refractivity contribution in [3.8, 4) is 11.1 Å². The highest BCUT2D eigenvalue weighted by molar-refractivity contribution is 7.99. The van der Waals surface area contributed by atoms with Gasteiger partial charge in [0.2, 0.25) is 0 Å². The van der Waals surface area contributed by atoms with Crippen molar-refractivity contribution in [1.29, 1.82) is 0 Å². The van der Waals surface area contributed by atoms with Crippen molar-refractivity contribution < 1.29 is 4.42 Å². The van der Waals surface area contributed by atoms with Gasteiger partial charge in [0.25, 0.3) is 0 Å². The van der Waals surface area contributed by atoms with Crippen LogP contribution in [0.5, 0.6) is 0 Å². The van der Waals surface area contributed by atoms with Crippen LogP contribution in [-0.2, 0) is 0 Å². The number of rotatable bonds is 0. The fourth-order valence-corrected chi connectivity index (χ4v) is 8.92. The van der Waals surface area contributed by atoms with E-state index >= 15 is 0 Å². The highest BCUT2D eigenvalue weighted by Gasteiger charge is 2.46. The summed E-state index contributed by atoms with van der Waals surface area (Å²) in [6.45, 7) is -0.00266. The third-order valence-corrected chi connectivity index (χ3v) is 10.4. The summed E-state index contributed by atoms with van der Waals surface area (Å²) in [5, 5.41) is 6.19. The van der Waals surface area contributed by atoms with Crippen LogP contribution in [0, 0.1) is 0 Å². The Bertz CT molecular complexity index is 2490. The van der Waals surface area contributed by atoms with E-state index in [1.165, 1.54) is 81.4 Å². The number of anilines is 3. The molecule has 0 fully saturated rings. The van der Waals surface area contributed by atoms with Gasteiger partial charge in [-0.05, 0) is 52.2 Å². The predicted molar refractivity (Wildman–Crippen MR) is 171 cm³/mol. The van der Waals surface area contributed by atoms with Crippen molar-refractivity contribution in [2.75, 3.05) is 4.90 Å². The van der Waals surface area contributed by atoms with Crippen LogP contribution in [0.3, 0.4) is 0 Å². The zero-order valence-corrected chi connectivity index (χ0v) is 22.6. The van der Waals surface area contributed by atoms with Gasteiger partial charge in [0.05, 0.1) is 22.4 Å². The molecule has 0 saturated carbocycles. The molecule has 3 aliphatic heterocycles. The molecule has 5 heterocycles. The van der Waals surface area contributed by atoms with Crippen LogP contribution in [-0.4, -0.2) is 11.3 Å². The van der Waals surface area contributed by atoms with E-state index in [2.05, 4.69) is 125 Å². The Kier molecular flexibility index (Phi) is 3.61. The number of benzene rings is 6. The van der Waals surface area contributed by atoms with E-state index in [-0.39, 0.29) is 6.85 Å². The molecule has 0 aliphatic carbocycles. The highest BCUT2D eigenvalue weighted by atomic mass is 32.2. The molecule has 11 rings (SSSR count). The number of aromatic nitrogens is 1. The minimum Gasteiger partial charge on any atom is -0.441 e. The monoisotopic (exact) mass is 538 g/mol. The van der Waals surface area contributed by atoms with E-state index in [1.807, 2.05) is 11.8 Å². The van der Waals surface area contributed by atoms with E-state index in [4.69, 9.17) is 4.42 Å². The summed E-state index contributed by atoms with van der Waals surface area (Å²) in [4.78, 5) is 5.14. The minimum absolute atomic E-state index is 0.00266. The van der Waals surface area contributed by atoms with Gasteiger partial charge >= 0.3 is 6.85 Å². The maximum Gasteiger partial charge on any atom is 0.336 e. The maximum absolute atomic E-state index is 6.76. The summed E-state index contributed by atoms with van der Waals surface area (Å²) in [6, 6.07) is 42.3. The summed E-state index contributed by atoms with van der Waals surface area (Å²) < 4.78 is 9.27. The lowest BCUT2D eigenvalue weighted by Crippen LogP contribution is -2.57. The average molecular weight is 538 g/mol. The zero-order chi connectivity index (χ0) is 26.4. The lowest BCUT2D eigenvalue weighted by atomic mass is 9.45. The molecule has 5 heteroatoms. The molecule has 188 valence electrons. The highest BCUT2D eigenvalue weighted by Crippen LogP contribution is 2.55. The van der Waals surface area contributed by atoms with Gasteiger partial charge in [-0.15, -0.1) is 0 Å². The molecule has 3 nitrogen and oxygen atoms in total. The maximum atomic E-state index is 6.76. The van der Waals surface area contributed by atoms with Crippen LogP contribution in [0.2, 0.25) is 0 Å². The Morgan fingerprint density at radius 3 is 2.39 bits per heavy atom. The molecule has 6 aromatic carbocycles. The van der Waals surface area contributed by atoms with Gasteiger partial charge in [-0.2, -0.15) is 0 Å². The number of nitrogens with zero attached hydrogens (tertiary/aromatic N) is 2. The number of hydrogen-bond acceptors (Lipinski definition) is 3. The molecule has 0 amide bonds. The first-order valence-corrected chi connectivity index (χ1v) is 14.9. The van der Waals surface area contributed by atoms with E-state index in [1.54, 1.807) is 0 Å². The smallest absolute Gasteiger partial charge is 0.336 e. The van der Waals surface area contributed by atoms with Crippen LogP contribution in [0.25, 0.3) is 54.9 Å². The molecule has 0 N–H and O–H groups in total. The first-order chi connectivity index (χ1) is 20.4. The molecule has 0 radical (unpaired) electrons. The van der Waals surface area contributed by atoms with Gasteiger partial charge < -0.3 is 13.8 Å². The largest absolute Gasteiger partial charge is 0.441 e. The lowest BCUT2D eigenvalue weighted by molar-refractivity contribution is 0.651. The van der Waals surface area contributed by atoms with Crippen molar-refractivity contribution in [3.05, 3.63) is 115 Å². The van der Waals surface area contributed by atoms with Crippen molar-refractivity contribution in [3.63, 3.8) is 0 Å². The van der Waals surface area contributed by atoms with Crippen molar-refractivity contribution in [1.82, 2.24) is 4.48 Å². The fraction of sp³-hybridized carbons (Fsp3) is 0. The number of fused-ring (bicyclic) bond motifs is 13. The summed E-state index contributed by atoms with van der Waals surface area (Å²) in [5.41, 5.74) is 12.3. The molecule has 3 aliphatic rings. The molecule has 41 heavy (non-hydrogen) atoms. The topological polar surface area (TPSA) is 21.3 Å². The van der Waals surface area contributed by atoms with Crippen molar-refractivity contribution >= 4 is 90.3 Å². The third-order valence-electron chi connectivity index (χ3n) is 9.32. The van der Waals surface area contributed by atoms with Gasteiger partial charge in [-0.3, -0.25) is 0 Å². The van der Waals surface area contributed by atoms with Crippen LogP contribution < -0.4 is 15.8 Å². The number of para-hydroxylation sites is 4. The standard InChI is InChI=1S/C36H19BN2OS/c1-2-10-21-20(9-1)19-25-22-12-7-13-24-31-23-11-3-5-16-28(23)40-36(31)39(33(22)24)37-26-14-8-18-30-35(26)38(34(21)32(25)37)27-15-4-6-17-29(27)41-30/h1-19H. The lowest BCUT2D eigenvalue weighted by Gasteiger charge is -2.43. The van der Waals surface area contributed by atoms with E-state index in [9.17, 15) is 0 Å². The van der Waals surface area contributed by atoms with Gasteiger partial charge in [0.15, 0.2) is 5.71 Å². The van der Waals surface area contributed by atoms with Gasteiger partial charge in [0.1, 0.15) is 5.58 Å². The average Bonchev–Trinajstić information content (AvgIpc) is 3.55. The molecular formula is C36H19BN2OS. The Morgan fingerprint density at radius 1 is 0.634 bits per heavy atom. The first kappa shape index (κ1) is 21.0. The summed E-state index contributed by atoms with van der Waals surface area (Å²) >= 11 is 1.88. The Morgan fingerprint density at radius 2 is 1.41 bits per heavy atom. The molecule has 0 atom stereocenters. The summed E-state index contributed by atoms with van der Waals surface area (Å²) in [5.74, 6) is 0. The van der Waals surface area contributed by atoms with Crippen LogP contribution >= 0.6 is 11.8 Å². The predicted octanol–water partition coefficient (Wildman–Crippen LogP) is 8.58. The molecule has 2 aromatic heterocycles. The van der Waals surface area contributed by atoms with Crippen molar-refractivity contribution in [2.24, 2.45) is 0 Å². The first-order valence-electron chi connectivity index (χ1n) is 14.1. The summed E-state index contributed by atoms with van der Waals surface area (Å²) in [6.07, 6.45) is 0. The van der Waals surface area contributed by atoms with Gasteiger partial charge in [-0.1, -0.05) is 96.7 Å². The molecule has 0 unspecified atom stereocenters. The molecular weight excluding hydrogens is 519 g/mol. The van der Waals surface area contributed by atoms with Crippen LogP contribution in [0.4, 0.5) is 17.1 Å². The summed E-state index contributed by atoms with van der Waals surface area (Å²) in [7, 11) is 0. The van der Waals surface area contributed by atoms with Gasteiger partial charge in [-0.25, -0.2) is 0 Å². The second-order valence-electron chi connectivity index (χ2n) is 11.3. The minimum atomic E-state index is -0.00266. The van der Waals surface area contributed by atoms with Crippen LogP contribution in [0.15, 0.2) is 129 Å². The quantitative estimate of drug-likeness (QED) is 0.181. The zero-order valence-electron chi connectivity index (χ0n) is 21.8. The molecule has 0 bridgehead atoms. The van der Waals surface area contributed by atoms with E-state index in [0.29, 0.717) is 0 Å². The molecule has 0 saturated heterocycles. The second-order valence-corrected chi connectivity index (χ2v) is 12.3. The second kappa shape index (κ2) is 7.06. The van der Waals surface area contributed by atoms with Crippen molar-refractivity contribution in [2.45, 2.75) is 9.79 Å². The molecule has 0 spiro atoms. The SMILES string of the molecule is c1ccc2c(c1)Sc1cccc3c1N2c1c2c(cc4ccccc14)-c1cccc4c5c6ccccc6oc5n(c14)B32. The number of furan rings is 1. The normalized spacial score (nSPS) is 14.1. The molecule has 8 aromatic rings. The third kappa shape index (κ3) is 2.35. The fourth-order valence-electron chi connectivity index (χ4n) is 7.82. The Labute approximate surface area is 239 Å². The van der Waals surface area contributed by atoms with E-state index in [0.717, 1.165) is 11.3 Å². The van der Waals surface area contributed by atoms with Gasteiger partial charge in [0, 0.05) is 37.0 Å². The Hall–Kier alpha value is -4.87. The van der Waals surface area contributed by atoms with Crippen LogP contribution in [0.1, 0.15) is 0 Å². The van der Waals surface area contributed by atoms with E-state index < -0.39 is 0 Å². The number of hydrogen-bond donors (Lipinski definition) is 0.